The fourth-order valence-electron chi connectivity index (χ4n) is 2.02. The van der Waals surface area contributed by atoms with Crippen molar-refractivity contribution in [2.24, 2.45) is 5.92 Å². The lowest BCUT2D eigenvalue weighted by Crippen LogP contribution is -2.33. The molecule has 24 heavy (non-hydrogen) atoms. The second-order valence-electron chi connectivity index (χ2n) is 5.06. The number of amides is 1. The van der Waals surface area contributed by atoms with E-state index in [4.69, 9.17) is 16.9 Å². The predicted octanol–water partition coefficient (Wildman–Crippen LogP) is 3.38. The fourth-order valence-corrected chi connectivity index (χ4v) is 2.22. The average Bonchev–Trinajstić information content (AvgIpc) is 2.60. The molecule has 5 heteroatoms. The molecule has 1 amide bonds. The van der Waals surface area contributed by atoms with Crippen LogP contribution in [0.5, 0.6) is 0 Å². The van der Waals surface area contributed by atoms with Crippen LogP contribution in [0.2, 0.25) is 5.02 Å². The van der Waals surface area contributed by atoms with Crippen LogP contribution in [0.4, 0.5) is 0 Å². The van der Waals surface area contributed by atoms with Gasteiger partial charge in [0.05, 0.1) is 6.07 Å². The van der Waals surface area contributed by atoms with E-state index in [2.05, 4.69) is 5.32 Å². The third-order valence-electron chi connectivity index (χ3n) is 3.27. The number of rotatable bonds is 6. The van der Waals surface area contributed by atoms with E-state index in [-0.39, 0.29) is 6.54 Å². The summed E-state index contributed by atoms with van der Waals surface area (Å²) < 4.78 is 0. The zero-order valence-corrected chi connectivity index (χ0v) is 13.5. The van der Waals surface area contributed by atoms with E-state index in [0.29, 0.717) is 5.02 Å². The Morgan fingerprint density at radius 1 is 1.17 bits per heavy atom. The molecule has 4 nitrogen and oxygen atoms in total. The summed E-state index contributed by atoms with van der Waals surface area (Å²) in [4.78, 5) is 24.1. The quantitative estimate of drug-likeness (QED) is 0.648. The summed E-state index contributed by atoms with van der Waals surface area (Å²) in [5.41, 5.74) is 1.61. The van der Waals surface area contributed by atoms with Crippen LogP contribution in [0.25, 0.3) is 6.08 Å². The molecule has 0 aliphatic carbocycles. The van der Waals surface area contributed by atoms with Gasteiger partial charge in [0.15, 0.2) is 11.7 Å². The molecule has 0 heterocycles. The molecule has 1 atom stereocenters. The Kier molecular flexibility index (Phi) is 6.30. The van der Waals surface area contributed by atoms with Crippen molar-refractivity contribution in [3.8, 4) is 6.07 Å². The first-order chi connectivity index (χ1) is 11.6. The van der Waals surface area contributed by atoms with E-state index in [1.807, 2.05) is 30.3 Å². The van der Waals surface area contributed by atoms with Gasteiger partial charge in [-0.05, 0) is 29.3 Å². The molecule has 1 N–H and O–H groups in total. The van der Waals surface area contributed by atoms with E-state index in [1.165, 1.54) is 12.2 Å². The third-order valence-corrected chi connectivity index (χ3v) is 3.51. The minimum absolute atomic E-state index is 0.267. The van der Waals surface area contributed by atoms with E-state index < -0.39 is 17.6 Å². The summed E-state index contributed by atoms with van der Waals surface area (Å²) >= 11 is 5.86. The van der Waals surface area contributed by atoms with Gasteiger partial charge in [-0.2, -0.15) is 5.26 Å². The lowest BCUT2D eigenvalue weighted by atomic mass is 10.0. The second-order valence-corrected chi connectivity index (χ2v) is 5.49. The van der Waals surface area contributed by atoms with Gasteiger partial charge in [0.1, 0.15) is 0 Å². The summed E-state index contributed by atoms with van der Waals surface area (Å²) in [5.74, 6) is -2.55. The van der Waals surface area contributed by atoms with Gasteiger partial charge in [-0.15, -0.1) is 0 Å². The molecular weight excluding hydrogens is 324 g/mol. The van der Waals surface area contributed by atoms with Crippen LogP contribution < -0.4 is 5.32 Å². The van der Waals surface area contributed by atoms with Crippen LogP contribution in [0.1, 0.15) is 11.1 Å². The van der Waals surface area contributed by atoms with Crippen LogP contribution in [-0.4, -0.2) is 11.7 Å². The molecule has 0 aliphatic rings. The number of nitrogens with one attached hydrogen (secondary N) is 1. The lowest BCUT2D eigenvalue weighted by molar-refractivity contribution is -0.129. The molecule has 120 valence electrons. The Labute approximate surface area is 145 Å². The molecule has 0 saturated carbocycles. The Morgan fingerprint density at radius 3 is 2.58 bits per heavy atom. The topological polar surface area (TPSA) is 70.0 Å². The first kappa shape index (κ1) is 17.5. The van der Waals surface area contributed by atoms with Crippen molar-refractivity contribution < 1.29 is 9.59 Å². The van der Waals surface area contributed by atoms with E-state index in [0.717, 1.165) is 11.1 Å². The molecular formula is C19H15ClN2O2. The maximum atomic E-state index is 12.1. The zero-order chi connectivity index (χ0) is 17.4. The Morgan fingerprint density at radius 2 is 1.92 bits per heavy atom. The van der Waals surface area contributed by atoms with Crippen molar-refractivity contribution in [3.05, 3.63) is 76.8 Å². The monoisotopic (exact) mass is 338 g/mol. The number of ketones is 1. The van der Waals surface area contributed by atoms with Crippen LogP contribution in [-0.2, 0) is 16.1 Å². The van der Waals surface area contributed by atoms with Gasteiger partial charge in [-0.1, -0.05) is 60.1 Å². The molecule has 0 aliphatic heterocycles. The molecule has 2 rings (SSSR count). The number of hydrogen-bond acceptors (Lipinski definition) is 3. The Balaban J connectivity index is 1.98. The summed E-state index contributed by atoms with van der Waals surface area (Å²) in [6, 6.07) is 17.9. The van der Waals surface area contributed by atoms with Crippen LogP contribution >= 0.6 is 11.6 Å². The third kappa shape index (κ3) is 5.08. The number of allylic oxidation sites excluding steroid dienone is 1. The second kappa shape index (κ2) is 8.66. The highest BCUT2D eigenvalue weighted by molar-refractivity contribution is 6.30. The molecule has 0 bridgehead atoms. The number of halogens is 1. The molecule has 0 unspecified atom stereocenters. The van der Waals surface area contributed by atoms with Crippen molar-refractivity contribution in [1.29, 1.82) is 5.26 Å². The molecule has 0 radical (unpaired) electrons. The van der Waals surface area contributed by atoms with Gasteiger partial charge in [0.25, 0.3) is 0 Å². The number of carbonyl (C=O) groups excluding carboxylic acids is 2. The first-order valence-corrected chi connectivity index (χ1v) is 7.66. The first-order valence-electron chi connectivity index (χ1n) is 7.29. The number of nitrogens with zero attached hydrogens (tertiary/aromatic N) is 1. The van der Waals surface area contributed by atoms with Crippen molar-refractivity contribution in [3.63, 3.8) is 0 Å². The molecule has 0 spiro atoms. The molecule has 0 fully saturated rings. The van der Waals surface area contributed by atoms with Gasteiger partial charge in [0.2, 0.25) is 5.91 Å². The van der Waals surface area contributed by atoms with E-state index in [1.54, 1.807) is 30.3 Å². The predicted molar refractivity (Wildman–Crippen MR) is 92.9 cm³/mol. The van der Waals surface area contributed by atoms with Crippen molar-refractivity contribution in [2.75, 3.05) is 0 Å². The number of benzene rings is 2. The van der Waals surface area contributed by atoms with Crippen LogP contribution in [0.3, 0.4) is 0 Å². The lowest BCUT2D eigenvalue weighted by Gasteiger charge is -2.08. The van der Waals surface area contributed by atoms with Gasteiger partial charge in [-0.25, -0.2) is 0 Å². The maximum absolute atomic E-state index is 12.1. The minimum Gasteiger partial charge on any atom is -0.350 e. The molecule has 0 saturated heterocycles. The van der Waals surface area contributed by atoms with Crippen LogP contribution in [0, 0.1) is 17.2 Å². The number of hydrogen-bond donors (Lipinski definition) is 1. The highest BCUT2D eigenvalue weighted by Gasteiger charge is 2.23. The smallest absolute Gasteiger partial charge is 0.245 e. The normalized spacial score (nSPS) is 11.7. The Bertz CT molecular complexity index is 795. The fraction of sp³-hybridized carbons (Fsp3) is 0.105. The zero-order valence-electron chi connectivity index (χ0n) is 12.8. The van der Waals surface area contributed by atoms with Crippen molar-refractivity contribution in [2.45, 2.75) is 6.54 Å². The standard InChI is InChI=1S/C19H15ClN2O2/c20-16-8-4-7-14(11-16)9-10-18(23)17(12-21)19(24)22-13-15-5-2-1-3-6-15/h1-11,17H,13H2,(H,22,24)/b10-9-/t17-/m1/s1. The van der Waals surface area contributed by atoms with Gasteiger partial charge < -0.3 is 5.32 Å². The molecule has 2 aromatic rings. The highest BCUT2D eigenvalue weighted by atomic mass is 35.5. The largest absolute Gasteiger partial charge is 0.350 e. The minimum atomic E-state index is -1.37. The van der Waals surface area contributed by atoms with Gasteiger partial charge in [-0.3, -0.25) is 9.59 Å². The summed E-state index contributed by atoms with van der Waals surface area (Å²) in [6.07, 6.45) is 2.75. The summed E-state index contributed by atoms with van der Waals surface area (Å²) in [5, 5.41) is 12.3. The van der Waals surface area contributed by atoms with Crippen molar-refractivity contribution in [1.82, 2.24) is 5.32 Å². The average molecular weight is 339 g/mol. The molecule has 2 aromatic carbocycles. The molecule has 0 aromatic heterocycles. The Hall–Kier alpha value is -2.90. The maximum Gasteiger partial charge on any atom is 0.245 e. The number of nitriles is 1. The number of carbonyl (C=O) groups is 2. The van der Waals surface area contributed by atoms with E-state index >= 15 is 0 Å². The summed E-state index contributed by atoms with van der Waals surface area (Å²) in [6.45, 7) is 0.267. The van der Waals surface area contributed by atoms with E-state index in [9.17, 15) is 9.59 Å². The van der Waals surface area contributed by atoms with Crippen LogP contribution in [0.15, 0.2) is 60.7 Å². The highest BCUT2D eigenvalue weighted by Crippen LogP contribution is 2.12. The SMILES string of the molecule is N#C[C@H](C(=O)/C=C\c1cccc(Cl)c1)C(=O)NCc1ccccc1. The van der Waals surface area contributed by atoms with Gasteiger partial charge in [0, 0.05) is 11.6 Å². The van der Waals surface area contributed by atoms with Crippen molar-refractivity contribution >= 4 is 29.4 Å². The summed E-state index contributed by atoms with van der Waals surface area (Å²) in [7, 11) is 0. The van der Waals surface area contributed by atoms with Gasteiger partial charge >= 0.3 is 0 Å².